The third kappa shape index (κ3) is 9.48. The molecule has 1 heterocycles. The Labute approximate surface area is 239 Å². The maximum atomic E-state index is 14.2. The van der Waals surface area contributed by atoms with Crippen molar-refractivity contribution in [3.63, 3.8) is 0 Å². The highest BCUT2D eigenvalue weighted by molar-refractivity contribution is 6.38. The molecule has 0 aromatic heterocycles. The van der Waals surface area contributed by atoms with Gasteiger partial charge in [0.1, 0.15) is 17.7 Å². The zero-order valence-electron chi connectivity index (χ0n) is 23.5. The van der Waals surface area contributed by atoms with E-state index >= 15 is 0 Å². The number of amides is 4. The van der Waals surface area contributed by atoms with Crippen LogP contribution in [0.4, 0.5) is 22.0 Å². The highest BCUT2D eigenvalue weighted by atomic mass is 19.4. The van der Waals surface area contributed by atoms with Crippen molar-refractivity contribution < 1.29 is 45.9 Å². The number of carbonyl (C=O) groups is 5. The van der Waals surface area contributed by atoms with E-state index in [0.29, 0.717) is 37.9 Å². The van der Waals surface area contributed by atoms with E-state index in [1.807, 2.05) is 0 Å². The fraction of sp³-hybridized carbons (Fsp3) is 0.607. The predicted octanol–water partition coefficient (Wildman–Crippen LogP) is 2.78. The first-order valence-corrected chi connectivity index (χ1v) is 13.7. The molecule has 4 N–H and O–H groups in total. The number of halogens is 5. The van der Waals surface area contributed by atoms with Gasteiger partial charge in [-0.1, -0.05) is 26.8 Å². The Kier molecular flexibility index (Phi) is 10.3. The lowest BCUT2D eigenvalue weighted by Gasteiger charge is -2.29. The number of nitrogens with one attached hydrogen (secondary N) is 4. The van der Waals surface area contributed by atoms with Crippen LogP contribution in [0.3, 0.4) is 0 Å². The standard InChI is InChI=1S/C28H35F5N4O5/c1-27(2,3)13-21(36-22(38)12-18(28(31,32)33)17-7-4-15(29)11-19(17)30)25(41)37-20(10-14-8-9-34-24(14)40)23(39)26(42)35-16-5-6-16/h4,7,11,14,16,18,20-21H,5-6,8-10,12-13H2,1-3H3,(H,34,40)(H,35,42)(H,36,38)(H,37,41)/t14-,18?,20?,21?/m0/s1. The molecule has 0 bridgehead atoms. The Balaban J connectivity index is 1.80. The van der Waals surface area contributed by atoms with E-state index in [4.69, 9.17) is 0 Å². The summed E-state index contributed by atoms with van der Waals surface area (Å²) in [6.07, 6.45) is -4.89. The van der Waals surface area contributed by atoms with Crippen LogP contribution in [-0.4, -0.2) is 60.3 Å². The van der Waals surface area contributed by atoms with Crippen LogP contribution in [-0.2, 0) is 24.0 Å². The predicted molar refractivity (Wildman–Crippen MR) is 140 cm³/mol. The number of carbonyl (C=O) groups excluding carboxylic acids is 5. The van der Waals surface area contributed by atoms with Crippen molar-refractivity contribution in [1.29, 1.82) is 0 Å². The third-order valence-electron chi connectivity index (χ3n) is 7.04. The molecule has 3 rings (SSSR count). The van der Waals surface area contributed by atoms with E-state index in [1.165, 1.54) is 0 Å². The molecule has 4 amide bonds. The SMILES string of the molecule is CC(C)(C)CC(NC(=O)CC(c1ccc(F)cc1F)C(F)(F)F)C(=O)NC(C[C@@H]1CCNC1=O)C(=O)C(=O)NC1CC1. The summed E-state index contributed by atoms with van der Waals surface area (Å²) in [4.78, 5) is 63.9. The molecular formula is C28H35F5N4O5. The van der Waals surface area contributed by atoms with Crippen LogP contribution in [0, 0.1) is 23.0 Å². The van der Waals surface area contributed by atoms with Crippen molar-refractivity contribution in [3.05, 3.63) is 35.4 Å². The zero-order chi connectivity index (χ0) is 31.4. The van der Waals surface area contributed by atoms with E-state index in [2.05, 4.69) is 21.3 Å². The second kappa shape index (κ2) is 13.2. The van der Waals surface area contributed by atoms with E-state index in [9.17, 15) is 45.9 Å². The van der Waals surface area contributed by atoms with Gasteiger partial charge in [0, 0.05) is 36.6 Å². The summed E-state index contributed by atoms with van der Waals surface area (Å²) >= 11 is 0. The molecular weight excluding hydrogens is 567 g/mol. The van der Waals surface area contributed by atoms with Crippen LogP contribution < -0.4 is 21.3 Å². The molecule has 1 saturated carbocycles. The lowest BCUT2D eigenvalue weighted by molar-refractivity contribution is -0.158. The van der Waals surface area contributed by atoms with Crippen LogP contribution in [0.15, 0.2) is 18.2 Å². The number of Topliss-reactive ketones (excluding diaryl/α,β-unsaturated/α-hetero) is 1. The molecule has 3 unspecified atom stereocenters. The van der Waals surface area contributed by atoms with Gasteiger partial charge in [-0.3, -0.25) is 24.0 Å². The van der Waals surface area contributed by atoms with Crippen LogP contribution >= 0.6 is 0 Å². The van der Waals surface area contributed by atoms with Gasteiger partial charge in [-0.25, -0.2) is 8.78 Å². The highest BCUT2D eigenvalue weighted by Crippen LogP contribution is 2.39. The number of benzene rings is 1. The van der Waals surface area contributed by atoms with Gasteiger partial charge in [-0.2, -0.15) is 13.2 Å². The first kappa shape index (κ1) is 32.9. The average molecular weight is 603 g/mol. The highest BCUT2D eigenvalue weighted by Gasteiger charge is 2.44. The Morgan fingerprint density at radius 2 is 1.67 bits per heavy atom. The molecule has 2 aliphatic rings. The van der Waals surface area contributed by atoms with Gasteiger partial charge in [0.25, 0.3) is 5.91 Å². The van der Waals surface area contributed by atoms with Crippen LogP contribution in [0.5, 0.6) is 0 Å². The molecule has 232 valence electrons. The maximum Gasteiger partial charge on any atom is 0.396 e. The lowest BCUT2D eigenvalue weighted by atomic mass is 9.87. The largest absolute Gasteiger partial charge is 0.396 e. The van der Waals surface area contributed by atoms with Gasteiger partial charge in [0.15, 0.2) is 0 Å². The molecule has 1 aliphatic heterocycles. The number of hydrogen-bond acceptors (Lipinski definition) is 5. The van der Waals surface area contributed by atoms with Crippen molar-refractivity contribution in [1.82, 2.24) is 21.3 Å². The summed E-state index contributed by atoms with van der Waals surface area (Å²) in [6, 6.07) is -1.50. The van der Waals surface area contributed by atoms with Crippen molar-refractivity contribution in [2.75, 3.05) is 6.54 Å². The molecule has 2 fully saturated rings. The smallest absolute Gasteiger partial charge is 0.356 e. The van der Waals surface area contributed by atoms with Gasteiger partial charge < -0.3 is 21.3 Å². The van der Waals surface area contributed by atoms with Crippen LogP contribution in [0.2, 0.25) is 0 Å². The van der Waals surface area contributed by atoms with Crippen LogP contribution in [0.1, 0.15) is 70.8 Å². The maximum absolute atomic E-state index is 14.2. The monoisotopic (exact) mass is 602 g/mol. The number of alkyl halides is 3. The van der Waals surface area contributed by atoms with Crippen LogP contribution in [0.25, 0.3) is 0 Å². The Bertz CT molecular complexity index is 1210. The molecule has 14 heteroatoms. The van der Waals surface area contributed by atoms with E-state index in [1.54, 1.807) is 20.8 Å². The van der Waals surface area contributed by atoms with Gasteiger partial charge in [0.05, 0.1) is 12.0 Å². The lowest BCUT2D eigenvalue weighted by Crippen LogP contribution is -2.55. The minimum absolute atomic E-state index is 0.0781. The van der Waals surface area contributed by atoms with Gasteiger partial charge in [-0.15, -0.1) is 0 Å². The molecule has 1 aromatic rings. The summed E-state index contributed by atoms with van der Waals surface area (Å²) in [7, 11) is 0. The Morgan fingerprint density at radius 3 is 2.19 bits per heavy atom. The molecule has 1 aliphatic carbocycles. The topological polar surface area (TPSA) is 133 Å². The molecule has 0 radical (unpaired) electrons. The normalized spacial score (nSPS) is 19.3. The minimum Gasteiger partial charge on any atom is -0.356 e. The number of hydrogen-bond donors (Lipinski definition) is 4. The third-order valence-corrected chi connectivity index (χ3v) is 7.04. The number of ketones is 1. The summed E-state index contributed by atoms with van der Waals surface area (Å²) in [5.74, 6) is -10.3. The van der Waals surface area contributed by atoms with E-state index < -0.39 is 82.6 Å². The molecule has 9 nitrogen and oxygen atoms in total. The molecule has 0 spiro atoms. The first-order chi connectivity index (χ1) is 19.4. The van der Waals surface area contributed by atoms with Crippen molar-refractivity contribution in [2.24, 2.45) is 11.3 Å². The van der Waals surface area contributed by atoms with Crippen molar-refractivity contribution in [2.45, 2.75) is 89.5 Å². The van der Waals surface area contributed by atoms with Gasteiger partial charge >= 0.3 is 6.18 Å². The molecule has 1 aromatic carbocycles. The fourth-order valence-corrected chi connectivity index (χ4v) is 4.75. The second-order valence-electron chi connectivity index (χ2n) is 12.0. The molecule has 4 atom stereocenters. The average Bonchev–Trinajstić information content (AvgIpc) is 3.59. The van der Waals surface area contributed by atoms with Crippen molar-refractivity contribution in [3.8, 4) is 0 Å². The Morgan fingerprint density at radius 1 is 1.00 bits per heavy atom. The minimum atomic E-state index is -5.08. The van der Waals surface area contributed by atoms with E-state index in [0.717, 1.165) is 0 Å². The summed E-state index contributed by atoms with van der Waals surface area (Å²) in [5, 5.41) is 9.83. The summed E-state index contributed by atoms with van der Waals surface area (Å²) < 4.78 is 69.1. The summed E-state index contributed by atoms with van der Waals surface area (Å²) in [6.45, 7) is 5.48. The fourth-order valence-electron chi connectivity index (χ4n) is 4.75. The Hall–Kier alpha value is -3.58. The van der Waals surface area contributed by atoms with Crippen molar-refractivity contribution >= 4 is 29.4 Å². The first-order valence-electron chi connectivity index (χ1n) is 13.7. The number of rotatable bonds is 12. The quantitative estimate of drug-likeness (QED) is 0.216. The van der Waals surface area contributed by atoms with Gasteiger partial charge in [0.2, 0.25) is 23.5 Å². The van der Waals surface area contributed by atoms with Gasteiger partial charge in [-0.05, 0) is 43.6 Å². The molecule has 1 saturated heterocycles. The molecule has 42 heavy (non-hydrogen) atoms. The zero-order valence-corrected chi connectivity index (χ0v) is 23.5. The second-order valence-corrected chi connectivity index (χ2v) is 12.0. The summed E-state index contributed by atoms with van der Waals surface area (Å²) in [5.41, 5.74) is -1.58. The van der Waals surface area contributed by atoms with E-state index in [-0.39, 0.29) is 30.9 Å².